The zero-order valence-corrected chi connectivity index (χ0v) is 11.2. The maximum atomic E-state index is 12.8. The van der Waals surface area contributed by atoms with E-state index in [1.165, 1.54) is 17.2 Å². The van der Waals surface area contributed by atoms with Gasteiger partial charge in [0.15, 0.2) is 0 Å². The zero-order valence-electron chi connectivity index (χ0n) is 10.5. The molecule has 1 atom stereocenters. The molecule has 0 spiro atoms. The number of amides is 1. The monoisotopic (exact) mass is 307 g/mol. The van der Waals surface area contributed by atoms with Gasteiger partial charge in [-0.1, -0.05) is 11.6 Å². The third-order valence-electron chi connectivity index (χ3n) is 3.29. The predicted octanol–water partition coefficient (Wildman–Crippen LogP) is 2.61. The van der Waals surface area contributed by atoms with Crippen molar-refractivity contribution >= 4 is 23.3 Å². The van der Waals surface area contributed by atoms with Gasteiger partial charge in [0.25, 0.3) is 0 Å². The number of carbonyl (C=O) groups is 1. The van der Waals surface area contributed by atoms with Crippen LogP contribution in [0.25, 0.3) is 0 Å². The number of rotatable bonds is 2. The molecule has 1 aromatic rings. The summed E-state index contributed by atoms with van der Waals surface area (Å²) >= 11 is 5.98. The van der Waals surface area contributed by atoms with Gasteiger partial charge in [-0.3, -0.25) is 4.79 Å². The number of carbonyl (C=O) groups excluding carboxylic acids is 1. The van der Waals surface area contributed by atoms with Gasteiger partial charge in [0.2, 0.25) is 5.91 Å². The quantitative estimate of drug-likeness (QED) is 0.913. The summed E-state index contributed by atoms with van der Waals surface area (Å²) in [6.45, 7) is 0.279. The van der Waals surface area contributed by atoms with Crippen LogP contribution in [-0.4, -0.2) is 30.2 Å². The Morgan fingerprint density at radius 3 is 2.75 bits per heavy atom. The van der Waals surface area contributed by atoms with Crippen molar-refractivity contribution in [2.24, 2.45) is 11.7 Å². The van der Waals surface area contributed by atoms with Gasteiger partial charge in [-0.25, -0.2) is 4.98 Å². The highest BCUT2D eigenvalue weighted by Gasteiger charge is 2.42. The van der Waals surface area contributed by atoms with Gasteiger partial charge in [0.1, 0.15) is 5.82 Å². The van der Waals surface area contributed by atoms with E-state index in [1.807, 2.05) is 0 Å². The van der Waals surface area contributed by atoms with Crippen molar-refractivity contribution in [3.8, 4) is 0 Å². The van der Waals surface area contributed by atoms with Crippen LogP contribution < -0.4 is 10.6 Å². The number of nitrogens with two attached hydrogens (primary N) is 1. The fourth-order valence-electron chi connectivity index (χ4n) is 2.23. The molecule has 2 heterocycles. The van der Waals surface area contributed by atoms with Crippen LogP contribution in [0, 0.1) is 5.92 Å². The molecule has 0 aliphatic carbocycles. The fraction of sp³-hybridized carbons (Fsp3) is 0.500. The van der Waals surface area contributed by atoms with E-state index >= 15 is 0 Å². The molecule has 110 valence electrons. The number of primary amides is 1. The lowest BCUT2D eigenvalue weighted by atomic mass is 9.97. The van der Waals surface area contributed by atoms with Crippen LogP contribution in [0.3, 0.4) is 0 Å². The topological polar surface area (TPSA) is 59.2 Å². The maximum absolute atomic E-state index is 12.8. The molecule has 20 heavy (non-hydrogen) atoms. The van der Waals surface area contributed by atoms with E-state index in [0.717, 1.165) is 0 Å². The van der Waals surface area contributed by atoms with Gasteiger partial charge < -0.3 is 10.6 Å². The number of nitrogens with zero attached hydrogens (tertiary/aromatic N) is 2. The standard InChI is InChI=1S/C12H13ClF3N3O/c13-9-4-7(10(17)20)5-18-11(9)19-3-1-2-8(6-19)12(14,15)16/h4-5,8H,1-3,6H2,(H2,17,20)/t8-/m1/s1. The third kappa shape index (κ3) is 3.15. The first-order chi connectivity index (χ1) is 9.29. The summed E-state index contributed by atoms with van der Waals surface area (Å²) in [4.78, 5) is 16.4. The molecule has 1 aliphatic heterocycles. The smallest absolute Gasteiger partial charge is 0.366 e. The SMILES string of the molecule is NC(=O)c1cnc(N2CCC[C@@H](C(F)(F)F)C2)c(Cl)c1. The van der Waals surface area contributed by atoms with Crippen molar-refractivity contribution in [2.75, 3.05) is 18.0 Å². The highest BCUT2D eigenvalue weighted by molar-refractivity contribution is 6.33. The molecular weight excluding hydrogens is 295 g/mol. The van der Waals surface area contributed by atoms with Gasteiger partial charge in [0, 0.05) is 19.3 Å². The van der Waals surface area contributed by atoms with Crippen molar-refractivity contribution in [1.82, 2.24) is 4.98 Å². The Morgan fingerprint density at radius 2 is 2.20 bits per heavy atom. The van der Waals surface area contributed by atoms with E-state index in [1.54, 1.807) is 0 Å². The molecule has 1 amide bonds. The van der Waals surface area contributed by atoms with E-state index in [4.69, 9.17) is 17.3 Å². The van der Waals surface area contributed by atoms with E-state index in [9.17, 15) is 18.0 Å². The molecule has 1 saturated heterocycles. The molecule has 8 heteroatoms. The Bertz CT molecular complexity index is 521. The Hall–Kier alpha value is -1.50. The lowest BCUT2D eigenvalue weighted by Crippen LogP contribution is -2.42. The molecule has 1 aromatic heterocycles. The number of halogens is 4. The first-order valence-electron chi connectivity index (χ1n) is 6.06. The summed E-state index contributed by atoms with van der Waals surface area (Å²) in [6.07, 6.45) is -2.48. The second kappa shape index (κ2) is 5.47. The maximum Gasteiger partial charge on any atom is 0.393 e. The summed E-state index contributed by atoms with van der Waals surface area (Å²) in [6, 6.07) is 1.32. The first kappa shape index (κ1) is 14.9. The van der Waals surface area contributed by atoms with Crippen LogP contribution in [0.4, 0.5) is 19.0 Å². The summed E-state index contributed by atoms with van der Waals surface area (Å²) in [5.74, 6) is -1.81. The lowest BCUT2D eigenvalue weighted by Gasteiger charge is -2.34. The minimum atomic E-state index is -4.22. The van der Waals surface area contributed by atoms with Crippen molar-refractivity contribution in [1.29, 1.82) is 0 Å². The second-order valence-electron chi connectivity index (χ2n) is 4.72. The molecule has 0 radical (unpaired) electrons. The summed E-state index contributed by atoms with van der Waals surface area (Å²) in [7, 11) is 0. The van der Waals surface area contributed by atoms with Crippen LogP contribution >= 0.6 is 11.6 Å². The molecule has 4 nitrogen and oxygen atoms in total. The van der Waals surface area contributed by atoms with Crippen molar-refractivity contribution in [3.05, 3.63) is 22.8 Å². The van der Waals surface area contributed by atoms with Crippen molar-refractivity contribution in [2.45, 2.75) is 19.0 Å². The highest BCUT2D eigenvalue weighted by Crippen LogP contribution is 2.36. The fourth-order valence-corrected chi connectivity index (χ4v) is 2.52. The summed E-state index contributed by atoms with van der Waals surface area (Å²) in [5.41, 5.74) is 5.22. The number of anilines is 1. The van der Waals surface area contributed by atoms with E-state index in [-0.39, 0.29) is 29.4 Å². The number of hydrogen-bond acceptors (Lipinski definition) is 3. The molecule has 2 rings (SSSR count). The minimum Gasteiger partial charge on any atom is -0.366 e. The van der Waals surface area contributed by atoms with Crippen LogP contribution in [0.15, 0.2) is 12.3 Å². The van der Waals surface area contributed by atoms with Gasteiger partial charge in [-0.15, -0.1) is 0 Å². The van der Waals surface area contributed by atoms with E-state index in [0.29, 0.717) is 13.0 Å². The Balaban J connectivity index is 2.21. The van der Waals surface area contributed by atoms with Gasteiger partial charge >= 0.3 is 6.18 Å². The molecule has 0 aromatic carbocycles. The molecule has 0 unspecified atom stereocenters. The Labute approximate surface area is 118 Å². The zero-order chi connectivity index (χ0) is 14.9. The van der Waals surface area contributed by atoms with Crippen LogP contribution in [0.2, 0.25) is 5.02 Å². The third-order valence-corrected chi connectivity index (χ3v) is 3.57. The average Bonchev–Trinajstić information content (AvgIpc) is 2.37. The van der Waals surface area contributed by atoms with Crippen LogP contribution in [-0.2, 0) is 0 Å². The van der Waals surface area contributed by atoms with Gasteiger partial charge in [-0.2, -0.15) is 13.2 Å². The molecule has 0 saturated carbocycles. The predicted molar refractivity (Wildman–Crippen MR) is 68.8 cm³/mol. The van der Waals surface area contributed by atoms with Crippen LogP contribution in [0.1, 0.15) is 23.2 Å². The van der Waals surface area contributed by atoms with Gasteiger partial charge in [0.05, 0.1) is 16.5 Å². The molecule has 2 N–H and O–H groups in total. The minimum absolute atomic E-state index is 0.108. The van der Waals surface area contributed by atoms with Gasteiger partial charge in [-0.05, 0) is 18.9 Å². The largest absolute Gasteiger partial charge is 0.393 e. The van der Waals surface area contributed by atoms with Crippen molar-refractivity contribution < 1.29 is 18.0 Å². The first-order valence-corrected chi connectivity index (χ1v) is 6.44. The molecule has 1 aliphatic rings. The number of piperidine rings is 1. The lowest BCUT2D eigenvalue weighted by molar-refractivity contribution is -0.176. The van der Waals surface area contributed by atoms with E-state index in [2.05, 4.69) is 4.98 Å². The molecular formula is C12H13ClF3N3O. The number of hydrogen-bond donors (Lipinski definition) is 1. The summed E-state index contributed by atoms with van der Waals surface area (Å²) in [5, 5.41) is 0.129. The molecule has 1 fully saturated rings. The Morgan fingerprint density at radius 1 is 1.50 bits per heavy atom. The Kier molecular flexibility index (Phi) is 4.08. The summed E-state index contributed by atoms with van der Waals surface area (Å²) < 4.78 is 38.3. The molecule has 0 bridgehead atoms. The second-order valence-corrected chi connectivity index (χ2v) is 5.13. The van der Waals surface area contributed by atoms with Crippen LogP contribution in [0.5, 0.6) is 0 Å². The number of aromatic nitrogens is 1. The highest BCUT2D eigenvalue weighted by atomic mass is 35.5. The number of alkyl halides is 3. The average molecular weight is 308 g/mol. The normalized spacial score (nSPS) is 20.0. The van der Waals surface area contributed by atoms with Crippen molar-refractivity contribution in [3.63, 3.8) is 0 Å². The van der Waals surface area contributed by atoms with E-state index < -0.39 is 18.0 Å². The number of pyridine rings is 1.